The zero-order valence-corrected chi connectivity index (χ0v) is 11.1. The highest BCUT2D eigenvalue weighted by Crippen LogP contribution is 2.26. The van der Waals surface area contributed by atoms with Crippen LogP contribution in [0.2, 0.25) is 0 Å². The van der Waals surface area contributed by atoms with Crippen molar-refractivity contribution in [3.05, 3.63) is 54.6 Å². The van der Waals surface area contributed by atoms with Gasteiger partial charge in [0.15, 0.2) is 0 Å². The number of halogens is 3. The third-order valence-corrected chi connectivity index (χ3v) is 3.09. The van der Waals surface area contributed by atoms with E-state index < -0.39 is 6.36 Å². The molecular weight excluding hydrogens is 289 g/mol. The van der Waals surface area contributed by atoms with Crippen molar-refractivity contribution >= 4 is 11.8 Å². The first-order valence-corrected chi connectivity index (χ1v) is 6.68. The molecule has 0 heterocycles. The van der Waals surface area contributed by atoms with Crippen molar-refractivity contribution in [3.63, 3.8) is 0 Å². The number of alkyl halides is 3. The molecular formula is C14H11F3O2S. The average molecular weight is 300 g/mol. The van der Waals surface area contributed by atoms with Crippen molar-refractivity contribution in [2.45, 2.75) is 11.3 Å². The van der Waals surface area contributed by atoms with Crippen molar-refractivity contribution in [3.8, 4) is 11.5 Å². The van der Waals surface area contributed by atoms with Crippen LogP contribution < -0.4 is 9.47 Å². The second-order valence-electron chi connectivity index (χ2n) is 3.74. The van der Waals surface area contributed by atoms with Crippen LogP contribution in [0.15, 0.2) is 59.5 Å². The largest absolute Gasteiger partial charge is 0.573 e. The lowest BCUT2D eigenvalue weighted by molar-refractivity contribution is -0.274. The van der Waals surface area contributed by atoms with E-state index in [1.807, 2.05) is 30.3 Å². The Morgan fingerprint density at radius 1 is 0.850 bits per heavy atom. The minimum absolute atomic E-state index is 0.231. The third kappa shape index (κ3) is 5.05. The molecule has 20 heavy (non-hydrogen) atoms. The van der Waals surface area contributed by atoms with Crippen LogP contribution >= 0.6 is 11.8 Å². The fourth-order valence-electron chi connectivity index (χ4n) is 1.42. The molecule has 0 aliphatic heterocycles. The van der Waals surface area contributed by atoms with Gasteiger partial charge in [-0.25, -0.2) is 0 Å². The normalized spacial score (nSPS) is 11.2. The van der Waals surface area contributed by atoms with Gasteiger partial charge in [-0.3, -0.25) is 0 Å². The van der Waals surface area contributed by atoms with Crippen molar-refractivity contribution in [2.24, 2.45) is 0 Å². The molecule has 2 rings (SSSR count). The van der Waals surface area contributed by atoms with E-state index in [1.165, 1.54) is 23.9 Å². The molecule has 2 aromatic carbocycles. The highest BCUT2D eigenvalue weighted by molar-refractivity contribution is 7.99. The second-order valence-corrected chi connectivity index (χ2v) is 4.73. The van der Waals surface area contributed by atoms with Crippen LogP contribution in [0.1, 0.15) is 0 Å². The van der Waals surface area contributed by atoms with Gasteiger partial charge < -0.3 is 9.47 Å². The summed E-state index contributed by atoms with van der Waals surface area (Å²) >= 11 is 1.38. The van der Waals surface area contributed by atoms with Gasteiger partial charge in [0.05, 0.1) is 0 Å². The molecule has 0 saturated carbocycles. The van der Waals surface area contributed by atoms with Gasteiger partial charge in [0.25, 0.3) is 0 Å². The number of ether oxygens (including phenoxy) is 2. The molecule has 2 nitrogen and oxygen atoms in total. The number of thioether (sulfide) groups is 1. The summed E-state index contributed by atoms with van der Waals surface area (Å²) in [5.74, 6) is 0.895. The molecule has 0 saturated heterocycles. The summed E-state index contributed by atoms with van der Waals surface area (Å²) in [4.78, 5) is 0.801. The Balaban J connectivity index is 1.82. The average Bonchev–Trinajstić information content (AvgIpc) is 2.40. The molecule has 0 bridgehead atoms. The van der Waals surface area contributed by atoms with Gasteiger partial charge in [0.2, 0.25) is 0 Å². The fourth-order valence-corrected chi connectivity index (χ4v) is 2.08. The van der Waals surface area contributed by atoms with Crippen LogP contribution in [0, 0.1) is 0 Å². The Morgan fingerprint density at radius 3 is 2.10 bits per heavy atom. The van der Waals surface area contributed by atoms with Gasteiger partial charge >= 0.3 is 6.36 Å². The van der Waals surface area contributed by atoms with E-state index in [4.69, 9.17) is 4.74 Å². The predicted molar refractivity (Wildman–Crippen MR) is 70.9 cm³/mol. The van der Waals surface area contributed by atoms with Gasteiger partial charge in [0, 0.05) is 4.90 Å². The Morgan fingerprint density at radius 2 is 1.50 bits per heavy atom. The fraction of sp³-hybridized carbons (Fsp3) is 0.143. The lowest BCUT2D eigenvalue weighted by atomic mass is 10.3. The first kappa shape index (κ1) is 14.6. The molecule has 0 amide bonds. The number of benzene rings is 2. The molecule has 106 valence electrons. The number of hydrogen-bond donors (Lipinski definition) is 0. The molecule has 6 heteroatoms. The lowest BCUT2D eigenvalue weighted by Crippen LogP contribution is -2.16. The van der Waals surface area contributed by atoms with E-state index in [0.717, 1.165) is 10.6 Å². The van der Waals surface area contributed by atoms with E-state index in [2.05, 4.69) is 4.74 Å². The monoisotopic (exact) mass is 300 g/mol. The molecule has 0 aromatic heterocycles. The zero-order valence-electron chi connectivity index (χ0n) is 10.3. The van der Waals surface area contributed by atoms with Crippen LogP contribution in [0.4, 0.5) is 13.2 Å². The maximum Gasteiger partial charge on any atom is 0.573 e. The summed E-state index contributed by atoms with van der Waals surface area (Å²) in [5, 5.41) is 0. The summed E-state index contributed by atoms with van der Waals surface area (Å²) in [6, 6.07) is 14.9. The van der Waals surface area contributed by atoms with Crippen molar-refractivity contribution < 1.29 is 22.6 Å². The summed E-state index contributed by atoms with van der Waals surface area (Å²) in [6.45, 7) is 0. The number of rotatable bonds is 5. The van der Waals surface area contributed by atoms with E-state index in [1.54, 1.807) is 12.1 Å². The second kappa shape index (κ2) is 6.56. The highest BCUT2D eigenvalue weighted by atomic mass is 32.2. The van der Waals surface area contributed by atoms with E-state index in [9.17, 15) is 13.2 Å². The predicted octanol–water partition coefficient (Wildman–Crippen LogP) is 4.71. The molecule has 0 aliphatic carbocycles. The Labute approximate surface area is 118 Å². The summed E-state index contributed by atoms with van der Waals surface area (Å²) in [7, 11) is 0. The van der Waals surface area contributed by atoms with Gasteiger partial charge in [0.1, 0.15) is 17.4 Å². The molecule has 0 atom stereocenters. The molecule has 2 aromatic rings. The van der Waals surface area contributed by atoms with Crippen LogP contribution in [0.3, 0.4) is 0 Å². The Kier molecular flexibility index (Phi) is 4.79. The van der Waals surface area contributed by atoms with Gasteiger partial charge in [-0.1, -0.05) is 30.0 Å². The molecule has 0 spiro atoms. The maximum absolute atomic E-state index is 12.0. The highest BCUT2D eigenvalue weighted by Gasteiger charge is 2.30. The third-order valence-electron chi connectivity index (χ3n) is 2.25. The van der Waals surface area contributed by atoms with Crippen LogP contribution in [-0.2, 0) is 0 Å². The standard InChI is InChI=1S/C14H11F3O2S/c15-14(16,17)19-12-6-8-13(9-7-12)20-10-18-11-4-2-1-3-5-11/h1-9H,10H2. The molecule has 0 N–H and O–H groups in total. The molecule has 0 radical (unpaired) electrons. The zero-order chi connectivity index (χ0) is 14.4. The smallest absolute Gasteiger partial charge is 0.483 e. The quantitative estimate of drug-likeness (QED) is 0.588. The summed E-state index contributed by atoms with van der Waals surface area (Å²) in [5.41, 5.74) is 0. The first-order valence-electron chi connectivity index (χ1n) is 5.69. The number of para-hydroxylation sites is 1. The van der Waals surface area contributed by atoms with Gasteiger partial charge in [-0.15, -0.1) is 13.2 Å². The minimum Gasteiger partial charge on any atom is -0.483 e. The van der Waals surface area contributed by atoms with Crippen LogP contribution in [0.5, 0.6) is 11.5 Å². The topological polar surface area (TPSA) is 18.5 Å². The van der Waals surface area contributed by atoms with E-state index >= 15 is 0 Å². The Bertz CT molecular complexity index is 526. The lowest BCUT2D eigenvalue weighted by Gasteiger charge is -2.09. The van der Waals surface area contributed by atoms with Crippen LogP contribution in [0.25, 0.3) is 0 Å². The van der Waals surface area contributed by atoms with Crippen molar-refractivity contribution in [1.82, 2.24) is 0 Å². The molecule has 0 unspecified atom stereocenters. The molecule has 0 fully saturated rings. The Hall–Kier alpha value is -1.82. The van der Waals surface area contributed by atoms with Crippen molar-refractivity contribution in [1.29, 1.82) is 0 Å². The van der Waals surface area contributed by atoms with E-state index in [0.29, 0.717) is 5.94 Å². The summed E-state index contributed by atoms with van der Waals surface area (Å²) < 4.78 is 45.2. The van der Waals surface area contributed by atoms with Gasteiger partial charge in [-0.05, 0) is 36.4 Å². The minimum atomic E-state index is -4.66. The number of hydrogen-bond acceptors (Lipinski definition) is 3. The van der Waals surface area contributed by atoms with E-state index in [-0.39, 0.29) is 5.75 Å². The van der Waals surface area contributed by atoms with Crippen molar-refractivity contribution in [2.75, 3.05) is 5.94 Å². The maximum atomic E-state index is 12.0. The summed E-state index contributed by atoms with van der Waals surface area (Å²) in [6.07, 6.45) is -4.66. The first-order chi connectivity index (χ1) is 9.53. The van der Waals surface area contributed by atoms with Gasteiger partial charge in [-0.2, -0.15) is 0 Å². The van der Waals surface area contributed by atoms with Crippen LogP contribution in [-0.4, -0.2) is 12.3 Å². The molecule has 0 aliphatic rings. The SMILES string of the molecule is FC(F)(F)Oc1ccc(SCOc2ccccc2)cc1.